The van der Waals surface area contributed by atoms with Crippen molar-refractivity contribution in [3.63, 3.8) is 0 Å². The molecule has 1 aromatic carbocycles. The van der Waals surface area contributed by atoms with Crippen LogP contribution in [-0.2, 0) is 6.54 Å². The van der Waals surface area contributed by atoms with Gasteiger partial charge >= 0.3 is 0 Å². The second-order valence-corrected chi connectivity index (χ2v) is 5.96. The Morgan fingerprint density at radius 1 is 1.30 bits per heavy atom. The van der Waals surface area contributed by atoms with Crippen molar-refractivity contribution in [2.45, 2.75) is 19.9 Å². The van der Waals surface area contributed by atoms with Gasteiger partial charge in [0.25, 0.3) is 0 Å². The number of nitrogens with one attached hydrogen (secondary N) is 1. The number of aromatic nitrogens is 1. The van der Waals surface area contributed by atoms with Crippen LogP contribution in [0.4, 0.5) is 0 Å². The van der Waals surface area contributed by atoms with Crippen LogP contribution in [0.1, 0.15) is 24.6 Å². The van der Waals surface area contributed by atoms with Crippen LogP contribution < -0.4 is 0 Å². The summed E-state index contributed by atoms with van der Waals surface area (Å²) in [5.41, 5.74) is 6.77. The van der Waals surface area contributed by atoms with Crippen LogP contribution in [0.15, 0.2) is 42.5 Å². The maximum atomic E-state index is 4.44. The highest BCUT2D eigenvalue weighted by molar-refractivity contribution is 5.89. The van der Waals surface area contributed by atoms with Gasteiger partial charge in [0.15, 0.2) is 0 Å². The molecule has 3 aliphatic heterocycles. The Morgan fingerprint density at radius 2 is 2.15 bits per heavy atom. The van der Waals surface area contributed by atoms with Gasteiger partial charge in [0.2, 0.25) is 0 Å². The molecular formula is C18H20N2. The monoisotopic (exact) mass is 264 g/mol. The maximum Gasteiger partial charge on any atom is 0.0469 e. The quantitative estimate of drug-likeness (QED) is 0.713. The van der Waals surface area contributed by atoms with Gasteiger partial charge in [-0.25, -0.2) is 0 Å². The standard InChI is InChI=1S/C18H20N2/c1-3-13-10-20-9-8-14(13)12(2)18-16(11-20)15-6-4-5-7-17(15)19-18/h3-7,14,19H,2,8-11H2,1H3/b13-3-/t14-/m1/s1. The van der Waals surface area contributed by atoms with E-state index in [1.54, 1.807) is 0 Å². The third-order valence-electron chi connectivity index (χ3n) is 4.90. The van der Waals surface area contributed by atoms with E-state index in [2.05, 4.69) is 53.7 Å². The molecule has 1 saturated heterocycles. The van der Waals surface area contributed by atoms with E-state index in [0.717, 1.165) is 13.1 Å². The van der Waals surface area contributed by atoms with Crippen LogP contribution in [0.2, 0.25) is 0 Å². The highest BCUT2D eigenvalue weighted by Gasteiger charge is 2.31. The summed E-state index contributed by atoms with van der Waals surface area (Å²) in [5.74, 6) is 0.517. The number of H-pyrrole nitrogens is 1. The van der Waals surface area contributed by atoms with E-state index in [1.165, 1.54) is 46.3 Å². The molecular weight excluding hydrogens is 244 g/mol. The number of rotatable bonds is 0. The van der Waals surface area contributed by atoms with E-state index in [4.69, 9.17) is 0 Å². The summed E-state index contributed by atoms with van der Waals surface area (Å²) < 4.78 is 0. The predicted octanol–water partition coefficient (Wildman–Crippen LogP) is 3.96. The molecule has 1 fully saturated rings. The summed E-state index contributed by atoms with van der Waals surface area (Å²) in [6.45, 7) is 9.90. The van der Waals surface area contributed by atoms with Crippen LogP contribution in [0.25, 0.3) is 16.5 Å². The lowest BCUT2D eigenvalue weighted by molar-refractivity contribution is 0.238. The Hall–Kier alpha value is -1.80. The normalized spacial score (nSPS) is 27.6. The van der Waals surface area contributed by atoms with Crippen molar-refractivity contribution >= 4 is 16.5 Å². The molecule has 2 nitrogen and oxygen atoms in total. The first-order valence-corrected chi connectivity index (χ1v) is 7.44. The molecule has 20 heavy (non-hydrogen) atoms. The van der Waals surface area contributed by atoms with Crippen LogP contribution in [0.3, 0.4) is 0 Å². The van der Waals surface area contributed by atoms with Gasteiger partial charge < -0.3 is 4.98 Å². The van der Waals surface area contributed by atoms with E-state index < -0.39 is 0 Å². The number of hydrogen-bond acceptors (Lipinski definition) is 1. The molecule has 2 heteroatoms. The molecule has 2 atom stereocenters. The first kappa shape index (κ1) is 12.0. The van der Waals surface area contributed by atoms with Gasteiger partial charge in [-0.1, -0.05) is 36.4 Å². The number of allylic oxidation sites excluding steroid dienone is 2. The van der Waals surface area contributed by atoms with Crippen molar-refractivity contribution < 1.29 is 0 Å². The van der Waals surface area contributed by atoms with Crippen LogP contribution in [0, 0.1) is 5.92 Å². The molecule has 3 aliphatic rings. The Morgan fingerprint density at radius 3 is 3.00 bits per heavy atom. The Bertz CT molecular complexity index is 720. The largest absolute Gasteiger partial charge is 0.355 e. The minimum atomic E-state index is 0.517. The van der Waals surface area contributed by atoms with Gasteiger partial charge in [0.1, 0.15) is 0 Å². The average molecular weight is 264 g/mol. The first-order valence-electron chi connectivity index (χ1n) is 7.44. The number of fused-ring (bicyclic) bond motifs is 3. The molecule has 4 heterocycles. The third-order valence-corrected chi connectivity index (χ3v) is 4.90. The second kappa shape index (κ2) is 4.35. The van der Waals surface area contributed by atoms with Crippen molar-refractivity contribution in [3.05, 3.63) is 53.8 Å². The zero-order valence-electron chi connectivity index (χ0n) is 11.9. The Balaban J connectivity index is 1.95. The SMILES string of the molecule is C=C1c2[nH]c3ccccc3c2CN2CC[C@H]1/C(=C\C)C2. The van der Waals surface area contributed by atoms with Crippen LogP contribution in [-0.4, -0.2) is 23.0 Å². The van der Waals surface area contributed by atoms with E-state index in [9.17, 15) is 0 Å². The zero-order valence-corrected chi connectivity index (χ0v) is 11.9. The highest BCUT2D eigenvalue weighted by atomic mass is 15.1. The fourth-order valence-corrected chi connectivity index (χ4v) is 3.81. The molecule has 2 aromatic rings. The number of hydrogen-bond donors (Lipinski definition) is 1. The van der Waals surface area contributed by atoms with Gasteiger partial charge in [0.05, 0.1) is 0 Å². The number of benzene rings is 1. The first-order chi connectivity index (χ1) is 9.78. The van der Waals surface area contributed by atoms with Crippen molar-refractivity contribution in [1.82, 2.24) is 9.88 Å². The van der Waals surface area contributed by atoms with Gasteiger partial charge in [-0.05, 0) is 37.1 Å². The summed E-state index contributed by atoms with van der Waals surface area (Å²) in [6.07, 6.45) is 3.49. The number of piperidine rings is 1. The molecule has 1 aromatic heterocycles. The van der Waals surface area contributed by atoms with Gasteiger partial charge in [-0.15, -0.1) is 0 Å². The van der Waals surface area contributed by atoms with Crippen molar-refractivity contribution in [3.8, 4) is 0 Å². The van der Waals surface area contributed by atoms with E-state index in [0.29, 0.717) is 5.92 Å². The van der Waals surface area contributed by atoms with Crippen LogP contribution in [0.5, 0.6) is 0 Å². The number of nitrogens with zero attached hydrogens (tertiary/aromatic N) is 1. The minimum Gasteiger partial charge on any atom is -0.355 e. The lowest BCUT2D eigenvalue weighted by Gasteiger charge is -2.38. The van der Waals surface area contributed by atoms with Gasteiger partial charge in [0, 0.05) is 35.6 Å². The van der Waals surface area contributed by atoms with Crippen molar-refractivity contribution in [2.75, 3.05) is 13.1 Å². The average Bonchev–Trinajstić information content (AvgIpc) is 2.83. The van der Waals surface area contributed by atoms with Gasteiger partial charge in [-0.2, -0.15) is 0 Å². The molecule has 0 spiro atoms. The molecule has 0 radical (unpaired) electrons. The van der Waals surface area contributed by atoms with Crippen molar-refractivity contribution in [2.24, 2.45) is 5.92 Å². The molecule has 1 unspecified atom stereocenters. The summed E-state index contributed by atoms with van der Waals surface area (Å²) in [7, 11) is 0. The molecule has 5 rings (SSSR count). The number of aromatic amines is 1. The zero-order chi connectivity index (χ0) is 13.7. The second-order valence-electron chi connectivity index (χ2n) is 5.96. The van der Waals surface area contributed by atoms with Crippen molar-refractivity contribution in [1.29, 1.82) is 0 Å². The summed E-state index contributed by atoms with van der Waals surface area (Å²) >= 11 is 0. The molecule has 1 N–H and O–H groups in total. The smallest absolute Gasteiger partial charge is 0.0469 e. The summed E-state index contributed by atoms with van der Waals surface area (Å²) in [4.78, 5) is 6.18. The summed E-state index contributed by atoms with van der Waals surface area (Å²) in [6, 6.07) is 8.62. The molecule has 0 saturated carbocycles. The molecule has 2 bridgehead atoms. The van der Waals surface area contributed by atoms with E-state index in [-0.39, 0.29) is 0 Å². The van der Waals surface area contributed by atoms with Gasteiger partial charge in [-0.3, -0.25) is 4.90 Å². The Labute approximate surface area is 119 Å². The topological polar surface area (TPSA) is 19.0 Å². The van der Waals surface area contributed by atoms with Crippen LogP contribution >= 0.6 is 0 Å². The molecule has 0 aliphatic carbocycles. The molecule has 102 valence electrons. The van der Waals surface area contributed by atoms with E-state index >= 15 is 0 Å². The highest BCUT2D eigenvalue weighted by Crippen LogP contribution is 2.40. The third kappa shape index (κ3) is 1.61. The van der Waals surface area contributed by atoms with E-state index in [1.807, 2.05) is 0 Å². The lowest BCUT2D eigenvalue weighted by atomic mass is 9.81. The maximum absolute atomic E-state index is 4.44. The molecule has 0 amide bonds. The fraction of sp³-hybridized carbons (Fsp3) is 0.333. The number of para-hydroxylation sites is 1. The predicted molar refractivity (Wildman–Crippen MR) is 84.5 cm³/mol. The Kier molecular flexibility index (Phi) is 2.61. The fourth-order valence-electron chi connectivity index (χ4n) is 3.81. The summed E-state index contributed by atoms with van der Waals surface area (Å²) in [5, 5.41) is 1.36. The lowest BCUT2D eigenvalue weighted by Crippen LogP contribution is -2.37. The minimum absolute atomic E-state index is 0.517.